The molecule has 2 aliphatic rings. The molecule has 0 spiro atoms. The van der Waals surface area contributed by atoms with Crippen molar-refractivity contribution in [3.63, 3.8) is 0 Å². The molecule has 1 aliphatic heterocycles. The van der Waals surface area contributed by atoms with E-state index in [2.05, 4.69) is 36.3 Å². The molecule has 2 heterocycles. The maximum absolute atomic E-state index is 13.5. The number of fused-ring (bicyclic) bond motifs is 4. The number of allylic oxidation sites excluding steroid dienone is 1. The lowest BCUT2D eigenvalue weighted by atomic mass is 9.68. The Morgan fingerprint density at radius 3 is 2.84 bits per heavy atom. The second-order valence-corrected chi connectivity index (χ2v) is 9.13. The number of carbonyl (C=O) groups excluding carboxylic acids is 1. The van der Waals surface area contributed by atoms with Crippen molar-refractivity contribution in [2.24, 2.45) is 5.41 Å². The van der Waals surface area contributed by atoms with Crippen LogP contribution in [0.5, 0.6) is 11.5 Å². The van der Waals surface area contributed by atoms with E-state index in [1.54, 1.807) is 12.3 Å². The number of ether oxygens (including phenoxy) is 1. The van der Waals surface area contributed by atoms with Gasteiger partial charge in [0, 0.05) is 34.8 Å². The maximum Gasteiger partial charge on any atom is 0.162 e. The summed E-state index contributed by atoms with van der Waals surface area (Å²) in [6.07, 6.45) is 3.13. The molecular weight excluding hydrogens is 388 g/mol. The number of phenolic OH excluding ortho intramolecular Hbond substituents is 1. The molecule has 0 radical (unpaired) electrons. The largest absolute Gasteiger partial charge is 0.504 e. The van der Waals surface area contributed by atoms with Crippen LogP contribution >= 0.6 is 0 Å². The van der Waals surface area contributed by atoms with E-state index in [1.165, 1.54) is 0 Å². The first-order valence-electron chi connectivity index (χ1n) is 10.7. The topological polar surface area (TPSA) is 71.5 Å². The number of hydrogen-bond donors (Lipinski definition) is 2. The zero-order valence-electron chi connectivity index (χ0n) is 18.0. The molecule has 1 atom stereocenters. The van der Waals surface area contributed by atoms with Crippen LogP contribution in [0.25, 0.3) is 16.5 Å². The van der Waals surface area contributed by atoms with Crippen molar-refractivity contribution in [3.05, 3.63) is 65.4 Å². The van der Waals surface area contributed by atoms with Crippen molar-refractivity contribution in [1.82, 2.24) is 4.98 Å². The van der Waals surface area contributed by atoms with Gasteiger partial charge < -0.3 is 15.2 Å². The number of ketones is 1. The lowest BCUT2D eigenvalue weighted by Crippen LogP contribution is -2.33. The molecule has 5 rings (SSSR count). The predicted molar refractivity (Wildman–Crippen MR) is 122 cm³/mol. The number of anilines is 1. The second-order valence-electron chi connectivity index (χ2n) is 9.13. The van der Waals surface area contributed by atoms with Gasteiger partial charge in [-0.25, -0.2) is 0 Å². The molecule has 5 nitrogen and oxygen atoms in total. The van der Waals surface area contributed by atoms with E-state index in [4.69, 9.17) is 4.74 Å². The predicted octanol–water partition coefficient (Wildman–Crippen LogP) is 5.65. The van der Waals surface area contributed by atoms with Crippen molar-refractivity contribution < 1.29 is 14.6 Å². The zero-order valence-corrected chi connectivity index (χ0v) is 18.0. The number of Topliss-reactive ketones (excluding diaryl/α,β-unsaturated/α-hetero) is 1. The number of phenols is 1. The molecule has 2 N–H and O–H groups in total. The fourth-order valence-electron chi connectivity index (χ4n) is 4.95. The standard InChI is InChI=1S/C26H26N2O3/c1-4-31-22-12-15(7-10-20(22)29)25-24-17(13-26(2,3)14-21(24)30)23-16-6-5-11-27-18(16)8-9-19(23)28-25/h5-12,25,28-29H,4,13-14H2,1-3H3/t25-/m1/s1. The van der Waals surface area contributed by atoms with Gasteiger partial charge in [0.2, 0.25) is 0 Å². The van der Waals surface area contributed by atoms with E-state index in [9.17, 15) is 9.90 Å². The normalized spacial score (nSPS) is 19.6. The summed E-state index contributed by atoms with van der Waals surface area (Å²) >= 11 is 0. The summed E-state index contributed by atoms with van der Waals surface area (Å²) in [5.74, 6) is 0.701. The summed E-state index contributed by atoms with van der Waals surface area (Å²) in [5.41, 5.74) is 5.72. The summed E-state index contributed by atoms with van der Waals surface area (Å²) in [4.78, 5) is 18.0. The maximum atomic E-state index is 13.5. The highest BCUT2D eigenvalue weighted by molar-refractivity contribution is 6.12. The average Bonchev–Trinajstić information content (AvgIpc) is 2.73. The Bertz CT molecular complexity index is 1240. The van der Waals surface area contributed by atoms with Crippen molar-refractivity contribution in [2.45, 2.75) is 39.7 Å². The lowest BCUT2D eigenvalue weighted by molar-refractivity contribution is -0.118. The van der Waals surface area contributed by atoms with Gasteiger partial charge in [0.25, 0.3) is 0 Å². The fraction of sp³-hybridized carbons (Fsp3) is 0.308. The number of aromatic hydroxyl groups is 1. The number of nitrogens with one attached hydrogen (secondary N) is 1. The van der Waals surface area contributed by atoms with Gasteiger partial charge in [-0.2, -0.15) is 0 Å². The first-order chi connectivity index (χ1) is 14.9. The highest BCUT2D eigenvalue weighted by Crippen LogP contribution is 2.52. The molecule has 1 aliphatic carbocycles. The number of nitrogens with zero attached hydrogens (tertiary/aromatic N) is 1. The molecule has 0 unspecified atom stereocenters. The number of rotatable bonds is 3. The van der Waals surface area contributed by atoms with Crippen LogP contribution in [0.15, 0.2) is 54.2 Å². The van der Waals surface area contributed by atoms with E-state index in [-0.39, 0.29) is 23.0 Å². The van der Waals surface area contributed by atoms with Crippen LogP contribution in [0, 0.1) is 5.41 Å². The van der Waals surface area contributed by atoms with Gasteiger partial charge in [-0.1, -0.05) is 26.0 Å². The van der Waals surface area contributed by atoms with Gasteiger partial charge in [0.15, 0.2) is 17.3 Å². The summed E-state index contributed by atoms with van der Waals surface area (Å²) in [7, 11) is 0. The average molecular weight is 415 g/mol. The summed E-state index contributed by atoms with van der Waals surface area (Å²) in [6, 6.07) is 13.1. The Morgan fingerprint density at radius 1 is 1.19 bits per heavy atom. The quantitative estimate of drug-likeness (QED) is 0.580. The Morgan fingerprint density at radius 2 is 2.03 bits per heavy atom. The van der Waals surface area contributed by atoms with Gasteiger partial charge in [0.1, 0.15) is 0 Å². The first-order valence-corrected chi connectivity index (χ1v) is 10.7. The number of aromatic nitrogens is 1. The minimum absolute atomic E-state index is 0.101. The van der Waals surface area contributed by atoms with E-state index >= 15 is 0 Å². The molecule has 31 heavy (non-hydrogen) atoms. The molecule has 1 aromatic heterocycles. The minimum Gasteiger partial charge on any atom is -0.504 e. The summed E-state index contributed by atoms with van der Waals surface area (Å²) in [6.45, 7) is 6.65. The van der Waals surface area contributed by atoms with Crippen LogP contribution in [0.2, 0.25) is 0 Å². The molecule has 0 saturated carbocycles. The monoisotopic (exact) mass is 414 g/mol. The highest BCUT2D eigenvalue weighted by atomic mass is 16.5. The lowest BCUT2D eigenvalue weighted by Gasteiger charge is -2.40. The van der Waals surface area contributed by atoms with E-state index in [0.717, 1.165) is 45.3 Å². The number of hydrogen-bond acceptors (Lipinski definition) is 5. The van der Waals surface area contributed by atoms with Gasteiger partial charge in [-0.15, -0.1) is 0 Å². The SMILES string of the molecule is CCOc1cc([C@H]2Nc3ccc4ncccc4c3C3=C2C(=O)CC(C)(C)C3)ccc1O. The Labute approximate surface area is 181 Å². The molecule has 158 valence electrons. The van der Waals surface area contributed by atoms with Crippen LogP contribution in [0.1, 0.15) is 50.8 Å². The zero-order chi connectivity index (χ0) is 21.8. The fourth-order valence-corrected chi connectivity index (χ4v) is 4.95. The Kier molecular flexibility index (Phi) is 4.50. The van der Waals surface area contributed by atoms with Gasteiger partial charge in [0.05, 0.1) is 18.2 Å². The van der Waals surface area contributed by atoms with Crippen molar-refractivity contribution >= 4 is 27.9 Å². The Balaban J connectivity index is 1.75. The molecule has 5 heteroatoms. The van der Waals surface area contributed by atoms with E-state index in [0.29, 0.717) is 18.8 Å². The third kappa shape index (κ3) is 3.25. The van der Waals surface area contributed by atoms with Crippen LogP contribution in [0.3, 0.4) is 0 Å². The summed E-state index contributed by atoms with van der Waals surface area (Å²) in [5, 5.41) is 14.8. The molecule has 2 aromatic carbocycles. The van der Waals surface area contributed by atoms with Crippen molar-refractivity contribution in [2.75, 3.05) is 11.9 Å². The van der Waals surface area contributed by atoms with Crippen LogP contribution in [-0.2, 0) is 4.79 Å². The molecule has 0 bridgehead atoms. The van der Waals surface area contributed by atoms with Crippen molar-refractivity contribution in [1.29, 1.82) is 0 Å². The molecule has 0 fully saturated rings. The third-order valence-electron chi connectivity index (χ3n) is 6.21. The summed E-state index contributed by atoms with van der Waals surface area (Å²) < 4.78 is 5.60. The van der Waals surface area contributed by atoms with E-state index < -0.39 is 0 Å². The molecule has 0 saturated heterocycles. The van der Waals surface area contributed by atoms with Crippen LogP contribution < -0.4 is 10.1 Å². The molecule has 0 amide bonds. The van der Waals surface area contributed by atoms with Gasteiger partial charge in [-0.3, -0.25) is 9.78 Å². The molecule has 3 aromatic rings. The first kappa shape index (κ1) is 19.6. The Hall–Kier alpha value is -3.34. The highest BCUT2D eigenvalue weighted by Gasteiger charge is 2.41. The van der Waals surface area contributed by atoms with E-state index in [1.807, 2.05) is 31.2 Å². The third-order valence-corrected chi connectivity index (χ3v) is 6.21. The van der Waals surface area contributed by atoms with Crippen LogP contribution in [-0.4, -0.2) is 22.5 Å². The molecular formula is C26H26N2O3. The number of carbonyl (C=O) groups is 1. The minimum atomic E-state index is -0.292. The van der Waals surface area contributed by atoms with Gasteiger partial charge >= 0.3 is 0 Å². The smallest absolute Gasteiger partial charge is 0.162 e. The van der Waals surface area contributed by atoms with Crippen LogP contribution in [0.4, 0.5) is 5.69 Å². The number of benzene rings is 2. The number of pyridine rings is 1. The second kappa shape index (κ2) is 7.12. The van der Waals surface area contributed by atoms with Gasteiger partial charge in [-0.05, 0) is 60.2 Å². The van der Waals surface area contributed by atoms with Crippen molar-refractivity contribution in [3.8, 4) is 11.5 Å².